The molecule has 292 valence electrons. The van der Waals surface area contributed by atoms with Crippen LogP contribution in [0.25, 0.3) is 0 Å². The lowest BCUT2D eigenvalue weighted by atomic mass is 9.90. The number of hydrogen-bond acceptors (Lipinski definition) is 11. The van der Waals surface area contributed by atoms with Gasteiger partial charge in [-0.3, -0.25) is 14.9 Å². The summed E-state index contributed by atoms with van der Waals surface area (Å²) in [6.07, 6.45) is 0.574. The quantitative estimate of drug-likeness (QED) is 0.216. The summed E-state index contributed by atoms with van der Waals surface area (Å²) in [5.74, 6) is -2.70. The molecule has 14 nitrogen and oxygen atoms in total. The maximum atomic E-state index is 14.6. The van der Waals surface area contributed by atoms with Crippen molar-refractivity contribution in [3.05, 3.63) is 76.1 Å². The normalized spacial score (nSPS) is 29.4. The smallest absolute Gasteiger partial charge is 0.409 e. The van der Waals surface area contributed by atoms with Crippen LogP contribution < -0.4 is 20.7 Å². The minimum absolute atomic E-state index is 0.0684. The van der Waals surface area contributed by atoms with E-state index in [1.54, 1.807) is 31.2 Å². The van der Waals surface area contributed by atoms with Crippen molar-refractivity contribution in [2.24, 2.45) is 0 Å². The molecule has 2 fully saturated rings. The number of nitrogens with two attached hydrogens (primary N) is 1. The molecule has 3 aliphatic heterocycles. The highest BCUT2D eigenvalue weighted by Gasteiger charge is 2.61. The van der Waals surface area contributed by atoms with Crippen molar-refractivity contribution < 1.29 is 52.4 Å². The van der Waals surface area contributed by atoms with Crippen LogP contribution in [0.1, 0.15) is 56.0 Å². The zero-order valence-corrected chi connectivity index (χ0v) is 31.9. The lowest BCUT2D eigenvalue weighted by Gasteiger charge is -2.40. The number of nitrogens with one attached hydrogen (secondary N) is 1. The average molecular weight is 773 g/mol. The summed E-state index contributed by atoms with van der Waals surface area (Å²) in [7, 11) is 5.72. The number of halogens is 2. The summed E-state index contributed by atoms with van der Waals surface area (Å²) in [4.78, 5) is 56.1. The number of rotatable bonds is 6. The minimum Gasteiger partial charge on any atom is -0.495 e. The molecule has 4 bridgehead atoms. The molecule has 2 saturated heterocycles. The van der Waals surface area contributed by atoms with Crippen LogP contribution in [0.3, 0.4) is 0 Å². The van der Waals surface area contributed by atoms with Crippen LogP contribution in [0.15, 0.2) is 54.1 Å². The Morgan fingerprint density at radius 1 is 1.22 bits per heavy atom. The molecule has 0 unspecified atom stereocenters. The highest BCUT2D eigenvalue weighted by molar-refractivity contribution is 6.35. The summed E-state index contributed by atoms with van der Waals surface area (Å²) >= 11 is 6.73. The molecule has 2 aromatic rings. The van der Waals surface area contributed by atoms with Crippen molar-refractivity contribution in [3.63, 3.8) is 0 Å². The molecule has 3 heterocycles. The molecule has 0 radical (unpaired) electrons. The third kappa shape index (κ3) is 8.49. The number of likely N-dealkylation sites (N-methyl/N-ethyl adjacent to an activating group) is 1. The van der Waals surface area contributed by atoms with E-state index in [9.17, 15) is 28.7 Å². The molecule has 0 aromatic heterocycles. The molecule has 5 rings (SSSR count). The fourth-order valence-corrected chi connectivity index (χ4v) is 7.03. The fourth-order valence-electron chi connectivity index (χ4n) is 6.72. The van der Waals surface area contributed by atoms with Crippen LogP contribution in [0.4, 0.5) is 20.6 Å². The molecular formula is C38H46ClFN4O10. The van der Waals surface area contributed by atoms with E-state index in [1.807, 2.05) is 13.0 Å². The van der Waals surface area contributed by atoms with E-state index in [0.717, 1.165) is 22.1 Å². The molecule has 0 spiro atoms. The number of carbonyl (C=O) groups is 4. The molecule has 7 atom stereocenters. The van der Waals surface area contributed by atoms with Gasteiger partial charge in [0.2, 0.25) is 5.91 Å². The van der Waals surface area contributed by atoms with Gasteiger partial charge < -0.3 is 44.3 Å². The van der Waals surface area contributed by atoms with Gasteiger partial charge in [0.15, 0.2) is 5.72 Å². The largest absolute Gasteiger partial charge is 0.495 e. The summed E-state index contributed by atoms with van der Waals surface area (Å²) in [5, 5.41) is 14.3. The number of alkyl carbamates (subject to hydrolysis) is 1. The molecule has 2 aromatic carbocycles. The monoisotopic (exact) mass is 772 g/mol. The van der Waals surface area contributed by atoms with Crippen LogP contribution in [-0.2, 0) is 35.0 Å². The number of carbonyl (C=O) groups excluding carboxylic acids is 4. The first-order valence-electron chi connectivity index (χ1n) is 17.3. The number of epoxide rings is 1. The summed E-state index contributed by atoms with van der Waals surface area (Å²) < 4.78 is 43.4. The van der Waals surface area contributed by atoms with Crippen molar-refractivity contribution >= 4 is 46.9 Å². The van der Waals surface area contributed by atoms with Crippen molar-refractivity contribution in [1.82, 2.24) is 10.2 Å². The Morgan fingerprint density at radius 2 is 1.94 bits per heavy atom. The molecular weight excluding hydrogens is 727 g/mol. The third-order valence-corrected chi connectivity index (χ3v) is 10.6. The van der Waals surface area contributed by atoms with Crippen molar-refractivity contribution in [1.29, 1.82) is 0 Å². The van der Waals surface area contributed by atoms with Gasteiger partial charge >= 0.3 is 12.1 Å². The molecule has 54 heavy (non-hydrogen) atoms. The predicted molar refractivity (Wildman–Crippen MR) is 197 cm³/mol. The Balaban J connectivity index is 1.50. The van der Waals surface area contributed by atoms with Crippen LogP contribution >= 0.6 is 11.6 Å². The molecule has 4 N–H and O–H groups in total. The van der Waals surface area contributed by atoms with Crippen LogP contribution in [0, 0.1) is 5.82 Å². The van der Waals surface area contributed by atoms with E-state index < -0.39 is 71.5 Å². The van der Waals surface area contributed by atoms with Gasteiger partial charge in [0, 0.05) is 39.7 Å². The maximum absolute atomic E-state index is 14.6. The van der Waals surface area contributed by atoms with Gasteiger partial charge in [-0.15, -0.1) is 0 Å². The van der Waals surface area contributed by atoms with Gasteiger partial charge in [-0.1, -0.05) is 35.4 Å². The lowest BCUT2D eigenvalue weighted by molar-refractivity contribution is -0.158. The van der Waals surface area contributed by atoms with Gasteiger partial charge in [0.1, 0.15) is 46.5 Å². The molecule has 3 amide bonds. The number of ether oxygens (including phenoxy) is 5. The lowest BCUT2D eigenvalue weighted by Crippen LogP contribution is -2.62. The van der Waals surface area contributed by atoms with Crippen LogP contribution in [-0.4, -0.2) is 104 Å². The SMILES string of the molecule is COc1cc2cc(c1Cl)N(C)C(=O)C[C@H](OC(=O)[C@H](C)N(C)C(=O)c1ccc(N)cc1F)[C@]1(C)O[C@H]1C[C@@H]1C[C@@](O)(NC(=O)O1)[C@H](OC)/C=C/C=C(\C)C2. The Bertz CT molecular complexity index is 1870. The standard InChI is InChI=1S/C38H46ClFN4O10/c1-20-9-8-10-29(51-7)38(49)19-24(52-36(48)42-38)17-31-37(3,54-31)30(18-32(45)44(5)27-14-22(13-20)15-28(50-6)33(27)39)53-35(47)21(2)43(4)34(46)25-12-11-23(41)16-26(25)40/h8-12,14-16,21,24,29-31,49H,13,17-19,41H2,1-7H3,(H,42,48)/b10-8+,20-9+/t21-,24+,29+,30-,31-,37-,38-/m0/s1. The van der Waals surface area contributed by atoms with Crippen molar-refractivity contribution in [2.75, 3.05) is 38.9 Å². The van der Waals surface area contributed by atoms with Gasteiger partial charge in [-0.05, 0) is 63.1 Å². The van der Waals surface area contributed by atoms with Crippen molar-refractivity contribution in [2.45, 2.75) is 88.2 Å². The number of aliphatic hydroxyl groups is 1. The van der Waals surface area contributed by atoms with Crippen molar-refractivity contribution in [3.8, 4) is 5.75 Å². The first-order chi connectivity index (χ1) is 25.4. The summed E-state index contributed by atoms with van der Waals surface area (Å²) in [6.45, 7) is 4.95. The van der Waals surface area contributed by atoms with Gasteiger partial charge in [0.05, 0.1) is 30.9 Å². The van der Waals surface area contributed by atoms with Crippen LogP contribution in [0.5, 0.6) is 5.75 Å². The Kier molecular flexibility index (Phi) is 12.0. The number of allylic oxidation sites excluding steroid dienone is 3. The number of nitrogen functional groups attached to an aromatic ring is 1. The molecule has 0 aliphatic carbocycles. The fraction of sp³-hybridized carbons (Fsp3) is 0.474. The predicted octanol–water partition coefficient (Wildman–Crippen LogP) is 4.30. The second-order valence-corrected chi connectivity index (χ2v) is 14.5. The topological polar surface area (TPSA) is 182 Å². The molecule has 3 aliphatic rings. The Morgan fingerprint density at radius 3 is 2.61 bits per heavy atom. The van der Waals surface area contributed by atoms with E-state index in [-0.39, 0.29) is 35.5 Å². The van der Waals surface area contributed by atoms with Gasteiger partial charge in [-0.2, -0.15) is 0 Å². The number of hydrogen-bond donors (Lipinski definition) is 3. The van der Waals surface area contributed by atoms with E-state index in [2.05, 4.69) is 5.32 Å². The number of anilines is 2. The Hall–Kier alpha value is -4.70. The van der Waals surface area contributed by atoms with Crippen LogP contribution in [0.2, 0.25) is 5.02 Å². The first-order valence-corrected chi connectivity index (χ1v) is 17.7. The number of esters is 1. The second kappa shape index (κ2) is 16.0. The molecule has 16 heteroatoms. The maximum Gasteiger partial charge on any atom is 0.409 e. The summed E-state index contributed by atoms with van der Waals surface area (Å²) in [6, 6.07) is 5.88. The zero-order chi connectivity index (χ0) is 39.7. The van der Waals surface area contributed by atoms with E-state index in [1.165, 1.54) is 52.3 Å². The second-order valence-electron chi connectivity index (χ2n) is 14.1. The number of benzene rings is 2. The first kappa shape index (κ1) is 40.5. The van der Waals surface area contributed by atoms with E-state index in [0.29, 0.717) is 17.9 Å². The number of amides is 3. The third-order valence-electron chi connectivity index (χ3n) is 10.2. The Labute approximate surface area is 317 Å². The van der Waals surface area contributed by atoms with E-state index >= 15 is 0 Å². The highest BCUT2D eigenvalue weighted by atomic mass is 35.5. The summed E-state index contributed by atoms with van der Waals surface area (Å²) in [5.41, 5.74) is 4.36. The van der Waals surface area contributed by atoms with Gasteiger partial charge in [0.25, 0.3) is 5.91 Å². The number of methoxy groups -OCH3 is 2. The number of nitrogens with zero attached hydrogens (tertiary/aromatic N) is 2. The highest BCUT2D eigenvalue weighted by Crippen LogP contribution is 2.47. The zero-order valence-electron chi connectivity index (χ0n) is 31.2. The molecule has 0 saturated carbocycles. The van der Waals surface area contributed by atoms with Gasteiger partial charge in [-0.25, -0.2) is 14.0 Å². The number of fused-ring (bicyclic) bond motifs is 5. The van der Waals surface area contributed by atoms with E-state index in [4.69, 9.17) is 41.0 Å². The minimum atomic E-state index is -1.85. The average Bonchev–Trinajstić information content (AvgIpc) is 3.77.